The van der Waals surface area contributed by atoms with Gasteiger partial charge in [0.15, 0.2) is 6.29 Å². The molecule has 15 heavy (non-hydrogen) atoms. The van der Waals surface area contributed by atoms with Gasteiger partial charge in [0.25, 0.3) is 0 Å². The highest BCUT2D eigenvalue weighted by Crippen LogP contribution is 2.20. The maximum absolute atomic E-state index is 10.4. The van der Waals surface area contributed by atoms with Crippen LogP contribution in [0, 0.1) is 0 Å². The van der Waals surface area contributed by atoms with Gasteiger partial charge < -0.3 is 15.2 Å². The Morgan fingerprint density at radius 2 is 2.33 bits per heavy atom. The Morgan fingerprint density at radius 1 is 1.53 bits per heavy atom. The van der Waals surface area contributed by atoms with E-state index in [1.165, 1.54) is 6.07 Å². The molecular weight excluding hydrogens is 194 g/mol. The van der Waals surface area contributed by atoms with Crippen LogP contribution in [0.2, 0.25) is 0 Å². The smallest absolute Gasteiger partial charge is 0.153 e. The minimum absolute atomic E-state index is 0.00161. The highest BCUT2D eigenvalue weighted by molar-refractivity contribution is 5.80. The molecule has 0 aliphatic heterocycles. The van der Waals surface area contributed by atoms with Crippen molar-refractivity contribution >= 4 is 12.0 Å². The molecule has 0 amide bonds. The Morgan fingerprint density at radius 3 is 2.93 bits per heavy atom. The Bertz CT molecular complexity index is 326. The number of carbonyl (C=O) groups is 1. The molecule has 4 nitrogen and oxygen atoms in total. The Balaban J connectivity index is 2.48. The van der Waals surface area contributed by atoms with Crippen molar-refractivity contribution in [2.45, 2.75) is 6.42 Å². The van der Waals surface area contributed by atoms with Crippen molar-refractivity contribution in [2.24, 2.45) is 0 Å². The number of nitrogens with one attached hydrogen (secondary N) is 1. The van der Waals surface area contributed by atoms with Crippen LogP contribution in [0.1, 0.15) is 16.8 Å². The number of ether oxygens (including phenoxy) is 1. The van der Waals surface area contributed by atoms with Gasteiger partial charge in [-0.1, -0.05) is 0 Å². The number of hydrogen-bond donors (Lipinski definition) is 2. The van der Waals surface area contributed by atoms with Gasteiger partial charge in [-0.2, -0.15) is 0 Å². The van der Waals surface area contributed by atoms with Crippen LogP contribution >= 0.6 is 0 Å². The molecule has 0 fully saturated rings. The van der Waals surface area contributed by atoms with Gasteiger partial charge in [-0.25, -0.2) is 0 Å². The first-order valence-corrected chi connectivity index (χ1v) is 4.79. The molecule has 0 radical (unpaired) electrons. The summed E-state index contributed by atoms with van der Waals surface area (Å²) in [6, 6.07) is 4.88. The van der Waals surface area contributed by atoms with Crippen LogP contribution < -0.4 is 5.32 Å². The van der Waals surface area contributed by atoms with E-state index in [1.807, 2.05) is 0 Å². The first-order valence-electron chi connectivity index (χ1n) is 4.79. The number of aromatic hydroxyl groups is 1. The molecule has 0 saturated heterocycles. The Kier molecular flexibility index (Phi) is 4.63. The predicted octanol–water partition coefficient (Wildman–Crippen LogP) is 1.65. The zero-order valence-electron chi connectivity index (χ0n) is 8.69. The minimum atomic E-state index is 0.00161. The van der Waals surface area contributed by atoms with E-state index in [1.54, 1.807) is 19.2 Å². The van der Waals surface area contributed by atoms with Gasteiger partial charge in [0, 0.05) is 32.0 Å². The fourth-order valence-electron chi connectivity index (χ4n) is 1.20. The molecule has 0 saturated carbocycles. The van der Waals surface area contributed by atoms with Crippen molar-refractivity contribution in [3.8, 4) is 5.75 Å². The van der Waals surface area contributed by atoms with Gasteiger partial charge in [0.05, 0.1) is 5.56 Å². The van der Waals surface area contributed by atoms with E-state index in [0.717, 1.165) is 18.7 Å². The summed E-state index contributed by atoms with van der Waals surface area (Å²) in [4.78, 5) is 10.4. The van der Waals surface area contributed by atoms with E-state index in [9.17, 15) is 9.90 Å². The van der Waals surface area contributed by atoms with Crippen LogP contribution in [0.4, 0.5) is 5.69 Å². The number of carbonyl (C=O) groups excluding carboxylic acids is 1. The van der Waals surface area contributed by atoms with Gasteiger partial charge in [-0.05, 0) is 18.6 Å². The van der Waals surface area contributed by atoms with Crippen molar-refractivity contribution in [1.82, 2.24) is 0 Å². The van der Waals surface area contributed by atoms with Crippen molar-refractivity contribution in [3.05, 3.63) is 23.8 Å². The molecule has 2 N–H and O–H groups in total. The zero-order chi connectivity index (χ0) is 11.1. The molecule has 0 unspecified atom stereocenters. The molecule has 0 heterocycles. The lowest BCUT2D eigenvalue weighted by Gasteiger charge is -2.06. The minimum Gasteiger partial charge on any atom is -0.507 e. The standard InChI is InChI=1S/C11H15NO3/c1-15-6-2-5-12-10-4-3-9(8-13)11(14)7-10/h3-4,7-8,12,14H,2,5-6H2,1H3. The number of methoxy groups -OCH3 is 1. The number of phenols is 1. The van der Waals surface area contributed by atoms with Gasteiger partial charge >= 0.3 is 0 Å². The largest absolute Gasteiger partial charge is 0.507 e. The Hall–Kier alpha value is -1.55. The van der Waals surface area contributed by atoms with Crippen LogP contribution in [0.15, 0.2) is 18.2 Å². The molecule has 0 aromatic heterocycles. The fourth-order valence-corrected chi connectivity index (χ4v) is 1.20. The van der Waals surface area contributed by atoms with E-state index in [4.69, 9.17) is 4.74 Å². The number of aldehydes is 1. The third kappa shape index (κ3) is 3.59. The number of phenolic OH excluding ortho intramolecular Hbond substituents is 1. The van der Waals surface area contributed by atoms with E-state index in [2.05, 4.69) is 5.32 Å². The van der Waals surface area contributed by atoms with Gasteiger partial charge in [0.1, 0.15) is 5.75 Å². The van der Waals surface area contributed by atoms with E-state index >= 15 is 0 Å². The zero-order valence-corrected chi connectivity index (χ0v) is 8.69. The lowest BCUT2D eigenvalue weighted by molar-refractivity contribution is 0.112. The summed E-state index contributed by atoms with van der Waals surface area (Å²) < 4.78 is 4.90. The van der Waals surface area contributed by atoms with Gasteiger partial charge in [-0.3, -0.25) is 4.79 Å². The third-order valence-electron chi connectivity index (χ3n) is 2.01. The molecule has 0 atom stereocenters. The predicted molar refractivity (Wildman–Crippen MR) is 58.5 cm³/mol. The first kappa shape index (κ1) is 11.5. The lowest BCUT2D eigenvalue weighted by atomic mass is 10.2. The lowest BCUT2D eigenvalue weighted by Crippen LogP contribution is -2.04. The fraction of sp³-hybridized carbons (Fsp3) is 0.364. The monoisotopic (exact) mass is 209 g/mol. The van der Waals surface area contributed by atoms with Crippen molar-refractivity contribution in [3.63, 3.8) is 0 Å². The maximum Gasteiger partial charge on any atom is 0.153 e. The molecule has 0 aliphatic carbocycles. The van der Waals surface area contributed by atoms with Gasteiger partial charge in [-0.15, -0.1) is 0 Å². The number of anilines is 1. The number of rotatable bonds is 6. The van der Waals surface area contributed by atoms with Crippen LogP contribution in [0.5, 0.6) is 5.75 Å². The summed E-state index contributed by atoms with van der Waals surface area (Å²) >= 11 is 0. The molecule has 82 valence electrons. The molecule has 0 aliphatic rings. The van der Waals surface area contributed by atoms with E-state index < -0.39 is 0 Å². The molecule has 4 heteroatoms. The second kappa shape index (κ2) is 6.03. The summed E-state index contributed by atoms with van der Waals surface area (Å²) in [7, 11) is 1.66. The number of hydrogen-bond acceptors (Lipinski definition) is 4. The summed E-state index contributed by atoms with van der Waals surface area (Å²) in [6.45, 7) is 1.47. The maximum atomic E-state index is 10.4. The van der Waals surface area contributed by atoms with Crippen molar-refractivity contribution in [2.75, 3.05) is 25.6 Å². The molecule has 1 aromatic carbocycles. The van der Waals surface area contributed by atoms with E-state index in [-0.39, 0.29) is 5.75 Å². The van der Waals surface area contributed by atoms with Crippen LogP contribution in [-0.4, -0.2) is 31.7 Å². The van der Waals surface area contributed by atoms with Crippen LogP contribution in [0.25, 0.3) is 0 Å². The Labute approximate surface area is 88.9 Å². The topological polar surface area (TPSA) is 58.6 Å². The molecule has 0 spiro atoms. The number of benzene rings is 1. The van der Waals surface area contributed by atoms with Crippen molar-refractivity contribution < 1.29 is 14.6 Å². The normalized spacial score (nSPS) is 9.93. The van der Waals surface area contributed by atoms with Crippen LogP contribution in [-0.2, 0) is 4.74 Å². The molecule has 1 rings (SSSR count). The van der Waals surface area contributed by atoms with Crippen LogP contribution in [0.3, 0.4) is 0 Å². The average molecular weight is 209 g/mol. The molecular formula is C11H15NO3. The van der Waals surface area contributed by atoms with Crippen molar-refractivity contribution in [1.29, 1.82) is 0 Å². The molecule has 0 bridgehead atoms. The highest BCUT2D eigenvalue weighted by atomic mass is 16.5. The highest BCUT2D eigenvalue weighted by Gasteiger charge is 2.00. The quantitative estimate of drug-likeness (QED) is 0.552. The second-order valence-electron chi connectivity index (χ2n) is 3.16. The summed E-state index contributed by atoms with van der Waals surface area (Å²) in [5.74, 6) is 0.00161. The second-order valence-corrected chi connectivity index (χ2v) is 3.16. The summed E-state index contributed by atoms with van der Waals surface area (Å²) in [6.07, 6.45) is 1.52. The SMILES string of the molecule is COCCCNc1ccc(C=O)c(O)c1. The average Bonchev–Trinajstić information content (AvgIpc) is 2.25. The first-order chi connectivity index (χ1) is 7.27. The molecule has 1 aromatic rings. The van der Waals surface area contributed by atoms with E-state index in [0.29, 0.717) is 18.5 Å². The summed E-state index contributed by atoms with van der Waals surface area (Å²) in [5, 5.41) is 12.5. The van der Waals surface area contributed by atoms with Gasteiger partial charge in [0.2, 0.25) is 0 Å². The summed E-state index contributed by atoms with van der Waals surface area (Å²) in [5.41, 5.74) is 1.10. The third-order valence-corrected chi connectivity index (χ3v) is 2.01.